The summed E-state index contributed by atoms with van der Waals surface area (Å²) in [5.41, 5.74) is 0.439. The van der Waals surface area contributed by atoms with E-state index >= 15 is 0 Å². The first-order valence-electron chi connectivity index (χ1n) is 10.4. The van der Waals surface area contributed by atoms with Crippen LogP contribution in [0.5, 0.6) is 0 Å². The Balaban J connectivity index is 1.47. The van der Waals surface area contributed by atoms with Crippen LogP contribution in [0, 0.1) is 23.7 Å². The smallest absolute Gasteiger partial charge is 0.254 e. The lowest BCUT2D eigenvalue weighted by atomic mass is 9.42. The fraction of sp³-hybridized carbons (Fsp3) is 0.762. The highest BCUT2D eigenvalue weighted by Gasteiger charge is 2.65. The average Bonchev–Trinajstić information content (AvgIpc) is 2.58. The van der Waals surface area contributed by atoms with Gasteiger partial charge in [-0.05, 0) is 63.2 Å². The molecule has 27 heavy (non-hydrogen) atoms. The van der Waals surface area contributed by atoms with Crippen molar-refractivity contribution in [2.45, 2.75) is 77.4 Å². The molecule has 6 nitrogen and oxygen atoms in total. The van der Waals surface area contributed by atoms with E-state index in [4.69, 9.17) is 0 Å². The highest BCUT2D eigenvalue weighted by atomic mass is 16.3. The molecule has 1 amide bonds. The van der Waals surface area contributed by atoms with Crippen LogP contribution in [0.15, 0.2) is 4.79 Å². The lowest BCUT2D eigenvalue weighted by Gasteiger charge is -2.65. The third-order valence-corrected chi connectivity index (χ3v) is 7.84. The van der Waals surface area contributed by atoms with Crippen molar-refractivity contribution in [3.05, 3.63) is 27.4 Å². The van der Waals surface area contributed by atoms with Gasteiger partial charge >= 0.3 is 0 Å². The van der Waals surface area contributed by atoms with E-state index in [1.165, 1.54) is 6.42 Å². The summed E-state index contributed by atoms with van der Waals surface area (Å²) in [6.07, 6.45) is 6.94. The van der Waals surface area contributed by atoms with Gasteiger partial charge < -0.3 is 15.0 Å². The molecular weight excluding hydrogens is 342 g/mol. The minimum atomic E-state index is -0.662. The van der Waals surface area contributed by atoms with Gasteiger partial charge in [0.1, 0.15) is 5.82 Å². The van der Waals surface area contributed by atoms with Gasteiger partial charge in [0, 0.05) is 12.1 Å². The molecule has 0 unspecified atom stereocenters. The quantitative estimate of drug-likeness (QED) is 0.833. The van der Waals surface area contributed by atoms with Crippen molar-refractivity contribution in [2.24, 2.45) is 16.7 Å². The van der Waals surface area contributed by atoms with Crippen molar-refractivity contribution in [1.82, 2.24) is 14.9 Å². The van der Waals surface area contributed by atoms with Gasteiger partial charge in [0.15, 0.2) is 0 Å². The summed E-state index contributed by atoms with van der Waals surface area (Å²) in [7, 11) is 0. The Kier molecular flexibility index (Phi) is 3.50. The maximum atomic E-state index is 13.7. The lowest BCUT2D eigenvalue weighted by molar-refractivity contribution is -0.210. The van der Waals surface area contributed by atoms with Crippen LogP contribution in [0.25, 0.3) is 0 Å². The normalized spacial score (nSPS) is 39.5. The number of aromatic nitrogens is 2. The number of aromatic amines is 1. The second kappa shape index (κ2) is 5.43. The molecule has 146 valence electrons. The molecule has 6 rings (SSSR count). The summed E-state index contributed by atoms with van der Waals surface area (Å²) >= 11 is 0. The fourth-order valence-corrected chi connectivity index (χ4v) is 7.29. The molecular formula is C21H29N3O3. The zero-order chi connectivity index (χ0) is 19.0. The molecule has 4 bridgehead atoms. The van der Waals surface area contributed by atoms with Crippen molar-refractivity contribution in [3.63, 3.8) is 0 Å². The van der Waals surface area contributed by atoms with E-state index in [1.807, 2.05) is 4.90 Å². The molecule has 0 aromatic carbocycles. The zero-order valence-electron chi connectivity index (χ0n) is 16.3. The van der Waals surface area contributed by atoms with Crippen molar-refractivity contribution in [3.8, 4) is 0 Å². The molecule has 6 heteroatoms. The zero-order valence-corrected chi connectivity index (χ0v) is 16.3. The van der Waals surface area contributed by atoms with Gasteiger partial charge in [0.2, 0.25) is 5.91 Å². The summed E-state index contributed by atoms with van der Waals surface area (Å²) in [5.74, 6) is 1.26. The Bertz CT molecular complexity index is 880. The molecule has 4 fully saturated rings. The number of aryl methyl sites for hydroxylation is 1. The first kappa shape index (κ1) is 17.4. The average molecular weight is 371 g/mol. The van der Waals surface area contributed by atoms with Crippen LogP contribution in [0.3, 0.4) is 0 Å². The van der Waals surface area contributed by atoms with Crippen molar-refractivity contribution in [2.75, 3.05) is 6.54 Å². The number of rotatable bonds is 2. The summed E-state index contributed by atoms with van der Waals surface area (Å²) < 4.78 is 0. The Labute approximate surface area is 159 Å². The van der Waals surface area contributed by atoms with Gasteiger partial charge in [-0.1, -0.05) is 13.3 Å². The van der Waals surface area contributed by atoms with Gasteiger partial charge in [-0.15, -0.1) is 0 Å². The molecule has 0 saturated heterocycles. The molecule has 0 radical (unpaired) electrons. The molecule has 4 aliphatic carbocycles. The van der Waals surface area contributed by atoms with Gasteiger partial charge in [0.25, 0.3) is 5.56 Å². The Morgan fingerprint density at radius 3 is 2.85 bits per heavy atom. The lowest BCUT2D eigenvalue weighted by Crippen LogP contribution is -2.64. The van der Waals surface area contributed by atoms with Gasteiger partial charge in [-0.2, -0.15) is 0 Å². The monoisotopic (exact) mass is 371 g/mol. The van der Waals surface area contributed by atoms with E-state index in [0.29, 0.717) is 37.7 Å². The molecule has 4 saturated carbocycles. The number of nitrogens with zero attached hydrogens (tertiary/aromatic N) is 2. The molecule has 5 aliphatic rings. The predicted molar refractivity (Wildman–Crippen MR) is 100 cm³/mol. The number of carbonyl (C=O) groups is 1. The molecule has 4 atom stereocenters. The third kappa shape index (κ3) is 2.52. The van der Waals surface area contributed by atoms with E-state index in [0.717, 1.165) is 43.4 Å². The standard InChI is InChI=1S/C21H29N3O3/c1-3-19-6-14-7-20(10-19,12-21(27,8-14)11-19)18(26)24-5-4-15-16(9-24)22-13(2)23-17(15)25/h14,27H,3-12H2,1-2H3,(H,22,23,25)/t14-,19-,20+,21+/m0/s1. The van der Waals surface area contributed by atoms with E-state index in [9.17, 15) is 14.7 Å². The maximum absolute atomic E-state index is 13.7. The third-order valence-electron chi connectivity index (χ3n) is 7.84. The molecule has 1 aromatic rings. The minimum absolute atomic E-state index is 0.0707. The molecule has 2 N–H and O–H groups in total. The molecule has 1 aliphatic heterocycles. The van der Waals surface area contributed by atoms with E-state index in [1.54, 1.807) is 6.92 Å². The Hall–Kier alpha value is -1.69. The second-order valence-corrected chi connectivity index (χ2v) is 9.92. The predicted octanol–water partition coefficient (Wildman–Crippen LogP) is 2.07. The minimum Gasteiger partial charge on any atom is -0.390 e. The molecule has 0 spiro atoms. The number of hydrogen-bond acceptors (Lipinski definition) is 4. The van der Waals surface area contributed by atoms with Crippen LogP contribution in [0.1, 0.15) is 69.0 Å². The van der Waals surface area contributed by atoms with Crippen LogP contribution in [0.2, 0.25) is 0 Å². The number of amides is 1. The van der Waals surface area contributed by atoms with Crippen LogP contribution in [0.4, 0.5) is 0 Å². The number of aliphatic hydroxyl groups is 1. The Morgan fingerprint density at radius 2 is 2.11 bits per heavy atom. The molecule has 1 aromatic heterocycles. The summed E-state index contributed by atoms with van der Waals surface area (Å²) in [6.45, 7) is 4.99. The van der Waals surface area contributed by atoms with E-state index in [-0.39, 0.29) is 16.9 Å². The van der Waals surface area contributed by atoms with E-state index < -0.39 is 11.0 Å². The van der Waals surface area contributed by atoms with E-state index in [2.05, 4.69) is 16.9 Å². The summed E-state index contributed by atoms with van der Waals surface area (Å²) in [4.78, 5) is 35.1. The number of carbonyl (C=O) groups excluding carboxylic acids is 1. The van der Waals surface area contributed by atoms with Crippen LogP contribution < -0.4 is 5.56 Å². The SMILES string of the molecule is CC[C@@]12C[C@@H]3C[C@@](O)(C1)C[C@@](C(=O)N1CCc4c(nc(C)[nH]c4=O)C1)(C3)C2. The summed E-state index contributed by atoms with van der Waals surface area (Å²) in [5, 5.41) is 11.2. The topological polar surface area (TPSA) is 86.3 Å². The first-order valence-corrected chi connectivity index (χ1v) is 10.4. The van der Waals surface area contributed by atoms with Gasteiger partial charge in [-0.25, -0.2) is 4.98 Å². The first-order chi connectivity index (χ1) is 12.8. The number of H-pyrrole nitrogens is 1. The van der Waals surface area contributed by atoms with Gasteiger partial charge in [0.05, 0.1) is 23.3 Å². The summed E-state index contributed by atoms with van der Waals surface area (Å²) in [6, 6.07) is 0. The highest BCUT2D eigenvalue weighted by Crippen LogP contribution is 2.68. The van der Waals surface area contributed by atoms with Crippen molar-refractivity contribution < 1.29 is 9.90 Å². The van der Waals surface area contributed by atoms with Crippen LogP contribution in [-0.4, -0.2) is 38.0 Å². The molecule has 2 heterocycles. The Morgan fingerprint density at radius 1 is 1.30 bits per heavy atom. The van der Waals surface area contributed by atoms with Crippen LogP contribution >= 0.6 is 0 Å². The highest BCUT2D eigenvalue weighted by molar-refractivity contribution is 5.84. The van der Waals surface area contributed by atoms with Crippen molar-refractivity contribution in [1.29, 1.82) is 0 Å². The number of fused-ring (bicyclic) bond motifs is 1. The largest absolute Gasteiger partial charge is 0.390 e. The second-order valence-electron chi connectivity index (χ2n) is 9.92. The van der Waals surface area contributed by atoms with Crippen molar-refractivity contribution >= 4 is 5.91 Å². The number of nitrogens with one attached hydrogen (secondary N) is 1. The van der Waals surface area contributed by atoms with Gasteiger partial charge in [-0.3, -0.25) is 9.59 Å². The maximum Gasteiger partial charge on any atom is 0.254 e. The van der Waals surface area contributed by atoms with Crippen LogP contribution in [-0.2, 0) is 17.8 Å². The number of hydrogen-bond donors (Lipinski definition) is 2. The fourth-order valence-electron chi connectivity index (χ4n) is 7.29.